The lowest BCUT2D eigenvalue weighted by Crippen LogP contribution is -2.14. The molecule has 2 aromatic heterocycles. The summed E-state index contributed by atoms with van der Waals surface area (Å²) in [5.74, 6) is 0. The number of fused-ring (bicyclic) bond motifs is 1. The van der Waals surface area contributed by atoms with Gasteiger partial charge in [-0.25, -0.2) is 0 Å². The van der Waals surface area contributed by atoms with E-state index in [0.29, 0.717) is 0 Å². The van der Waals surface area contributed by atoms with E-state index >= 15 is 0 Å². The molecule has 0 aliphatic carbocycles. The molecule has 4 nitrogen and oxygen atoms in total. The first-order chi connectivity index (χ1) is 12.2. The molecule has 4 heteroatoms. The Morgan fingerprint density at radius 2 is 1.92 bits per heavy atom. The van der Waals surface area contributed by atoms with Crippen LogP contribution >= 0.6 is 0 Å². The molecule has 0 bridgehead atoms. The second-order valence-corrected chi connectivity index (χ2v) is 6.49. The minimum Gasteiger partial charge on any atom is -0.357 e. The van der Waals surface area contributed by atoms with Crippen LogP contribution in [-0.2, 0) is 20.1 Å². The molecule has 0 aliphatic rings. The topological polar surface area (TPSA) is 45.6 Å². The van der Waals surface area contributed by atoms with E-state index in [0.717, 1.165) is 18.8 Å². The number of nitrogens with one attached hydrogen (secondary N) is 2. The first-order valence-electron chi connectivity index (χ1n) is 8.56. The molecular formula is C21H22N4. The quantitative estimate of drug-likeness (QED) is 0.577. The number of H-pyrrole nitrogens is 1. The van der Waals surface area contributed by atoms with Crippen LogP contribution < -0.4 is 5.32 Å². The van der Waals surface area contributed by atoms with Crippen LogP contribution in [0.1, 0.15) is 16.8 Å². The van der Waals surface area contributed by atoms with Crippen molar-refractivity contribution in [2.75, 3.05) is 0 Å². The molecule has 0 aliphatic heterocycles. The summed E-state index contributed by atoms with van der Waals surface area (Å²) in [5, 5.41) is 9.12. The summed E-state index contributed by atoms with van der Waals surface area (Å²) in [6.45, 7) is 3.76. The van der Waals surface area contributed by atoms with Gasteiger partial charge >= 0.3 is 0 Å². The van der Waals surface area contributed by atoms with Gasteiger partial charge in [0.2, 0.25) is 0 Å². The van der Waals surface area contributed by atoms with Gasteiger partial charge < -0.3 is 10.3 Å². The molecular weight excluding hydrogens is 308 g/mol. The second kappa shape index (κ2) is 6.57. The van der Waals surface area contributed by atoms with Crippen LogP contribution in [-0.4, -0.2) is 14.8 Å². The van der Waals surface area contributed by atoms with Crippen molar-refractivity contribution >= 4 is 10.9 Å². The highest BCUT2D eigenvalue weighted by atomic mass is 15.3. The van der Waals surface area contributed by atoms with E-state index < -0.39 is 0 Å². The van der Waals surface area contributed by atoms with Crippen molar-refractivity contribution in [2.45, 2.75) is 20.0 Å². The number of aromatic amines is 1. The van der Waals surface area contributed by atoms with Gasteiger partial charge in [-0.05, 0) is 42.1 Å². The fourth-order valence-electron chi connectivity index (χ4n) is 3.28. The number of hydrogen-bond donors (Lipinski definition) is 2. The standard InChI is InChI=1S/C21H22N4/c1-15-7-8-17(19(11-15)21-9-10-23-25(21)2)13-22-14-18-12-16-5-3-4-6-20(16)24-18/h3-12,22,24H,13-14H2,1-2H3. The zero-order valence-electron chi connectivity index (χ0n) is 14.6. The third kappa shape index (κ3) is 3.21. The maximum atomic E-state index is 4.31. The Hall–Kier alpha value is -2.85. The minimum absolute atomic E-state index is 0.813. The molecule has 0 radical (unpaired) electrons. The van der Waals surface area contributed by atoms with E-state index in [9.17, 15) is 0 Å². The van der Waals surface area contributed by atoms with Crippen LogP contribution in [0.15, 0.2) is 60.8 Å². The van der Waals surface area contributed by atoms with Gasteiger partial charge in [0.1, 0.15) is 0 Å². The van der Waals surface area contributed by atoms with Crippen LogP contribution in [0.2, 0.25) is 0 Å². The first-order valence-corrected chi connectivity index (χ1v) is 8.56. The lowest BCUT2D eigenvalue weighted by Gasteiger charge is -2.12. The summed E-state index contributed by atoms with van der Waals surface area (Å²) in [6.07, 6.45) is 1.85. The number of nitrogens with zero attached hydrogens (tertiary/aromatic N) is 2. The number of benzene rings is 2. The number of aryl methyl sites for hydroxylation is 2. The van der Waals surface area contributed by atoms with Crippen molar-refractivity contribution in [3.05, 3.63) is 77.6 Å². The fourth-order valence-corrected chi connectivity index (χ4v) is 3.28. The van der Waals surface area contributed by atoms with Gasteiger partial charge in [-0.2, -0.15) is 5.10 Å². The number of para-hydroxylation sites is 1. The summed E-state index contributed by atoms with van der Waals surface area (Å²) in [6, 6.07) is 19.2. The van der Waals surface area contributed by atoms with Gasteiger partial charge in [-0.1, -0.05) is 35.9 Å². The predicted molar refractivity (Wildman–Crippen MR) is 102 cm³/mol. The van der Waals surface area contributed by atoms with Crippen LogP contribution in [0.5, 0.6) is 0 Å². The molecule has 2 aromatic carbocycles. The van der Waals surface area contributed by atoms with Crippen LogP contribution in [0.3, 0.4) is 0 Å². The summed E-state index contributed by atoms with van der Waals surface area (Å²) >= 11 is 0. The molecule has 126 valence electrons. The van der Waals surface area contributed by atoms with Crippen LogP contribution in [0.4, 0.5) is 0 Å². The van der Waals surface area contributed by atoms with Gasteiger partial charge in [0.15, 0.2) is 0 Å². The molecule has 0 saturated heterocycles. The summed E-state index contributed by atoms with van der Waals surface area (Å²) in [7, 11) is 1.99. The molecule has 0 amide bonds. The van der Waals surface area contributed by atoms with Crippen LogP contribution in [0, 0.1) is 6.92 Å². The molecule has 0 fully saturated rings. The number of aromatic nitrogens is 3. The van der Waals surface area contributed by atoms with Crippen LogP contribution in [0.25, 0.3) is 22.2 Å². The zero-order valence-corrected chi connectivity index (χ0v) is 14.6. The minimum atomic E-state index is 0.813. The summed E-state index contributed by atoms with van der Waals surface area (Å²) in [5.41, 5.74) is 7.32. The highest BCUT2D eigenvalue weighted by Gasteiger charge is 2.09. The zero-order chi connectivity index (χ0) is 17.2. The van der Waals surface area contributed by atoms with Gasteiger partial charge in [-0.15, -0.1) is 0 Å². The number of hydrogen-bond acceptors (Lipinski definition) is 2. The van der Waals surface area contributed by atoms with Gasteiger partial charge in [-0.3, -0.25) is 4.68 Å². The third-order valence-corrected chi connectivity index (χ3v) is 4.58. The maximum absolute atomic E-state index is 4.31. The lowest BCUT2D eigenvalue weighted by atomic mass is 10.0. The largest absolute Gasteiger partial charge is 0.357 e. The lowest BCUT2D eigenvalue weighted by molar-refractivity contribution is 0.683. The van der Waals surface area contributed by atoms with E-state index in [1.165, 1.54) is 33.3 Å². The molecule has 2 N–H and O–H groups in total. The van der Waals surface area contributed by atoms with Gasteiger partial charge in [0.05, 0.1) is 5.69 Å². The fraction of sp³-hybridized carbons (Fsp3) is 0.190. The molecule has 0 atom stereocenters. The maximum Gasteiger partial charge on any atom is 0.0682 e. The van der Waals surface area contributed by atoms with E-state index in [1.54, 1.807) is 0 Å². The Labute approximate surface area is 147 Å². The van der Waals surface area contributed by atoms with Crippen molar-refractivity contribution < 1.29 is 0 Å². The van der Waals surface area contributed by atoms with Crippen molar-refractivity contribution in [3.63, 3.8) is 0 Å². The van der Waals surface area contributed by atoms with Crippen molar-refractivity contribution in [1.29, 1.82) is 0 Å². The average Bonchev–Trinajstić information content (AvgIpc) is 3.21. The molecule has 0 unspecified atom stereocenters. The van der Waals surface area contributed by atoms with Crippen molar-refractivity contribution in [2.24, 2.45) is 7.05 Å². The molecule has 4 aromatic rings. The average molecular weight is 330 g/mol. The predicted octanol–water partition coefficient (Wildman–Crippen LogP) is 4.17. The van der Waals surface area contributed by atoms with E-state index in [4.69, 9.17) is 0 Å². The summed E-state index contributed by atoms with van der Waals surface area (Å²) in [4.78, 5) is 3.47. The number of rotatable bonds is 5. The highest BCUT2D eigenvalue weighted by molar-refractivity contribution is 5.80. The van der Waals surface area contributed by atoms with Crippen molar-refractivity contribution in [1.82, 2.24) is 20.1 Å². The smallest absolute Gasteiger partial charge is 0.0682 e. The molecule has 0 spiro atoms. The Morgan fingerprint density at radius 1 is 1.04 bits per heavy atom. The summed E-state index contributed by atoms with van der Waals surface area (Å²) < 4.78 is 1.93. The molecule has 4 rings (SSSR count). The molecule has 25 heavy (non-hydrogen) atoms. The second-order valence-electron chi connectivity index (χ2n) is 6.49. The Balaban J connectivity index is 1.52. The Kier molecular flexibility index (Phi) is 4.12. The SMILES string of the molecule is Cc1ccc(CNCc2cc3ccccc3[nH]2)c(-c2ccnn2C)c1. The van der Waals surface area contributed by atoms with Gasteiger partial charge in [0.25, 0.3) is 0 Å². The Morgan fingerprint density at radius 3 is 2.72 bits per heavy atom. The van der Waals surface area contributed by atoms with Crippen molar-refractivity contribution in [3.8, 4) is 11.3 Å². The van der Waals surface area contributed by atoms with E-state index in [1.807, 2.05) is 17.9 Å². The molecule has 2 heterocycles. The first kappa shape index (κ1) is 15.7. The third-order valence-electron chi connectivity index (χ3n) is 4.58. The Bertz CT molecular complexity index is 977. The highest BCUT2D eigenvalue weighted by Crippen LogP contribution is 2.24. The van der Waals surface area contributed by atoms with Gasteiger partial charge in [0, 0.05) is 43.1 Å². The normalized spacial score (nSPS) is 11.3. The monoisotopic (exact) mass is 330 g/mol. The van der Waals surface area contributed by atoms with E-state index in [-0.39, 0.29) is 0 Å². The van der Waals surface area contributed by atoms with E-state index in [2.05, 4.69) is 76.9 Å². The molecule has 0 saturated carbocycles.